The summed E-state index contributed by atoms with van der Waals surface area (Å²) in [7, 11) is -1.02. The minimum atomic E-state index is -2.70. The predicted molar refractivity (Wildman–Crippen MR) is 82.5 cm³/mol. The van der Waals surface area contributed by atoms with E-state index in [1.54, 1.807) is 13.1 Å². The Balaban J connectivity index is 2.19. The van der Waals surface area contributed by atoms with Crippen LogP contribution in [0.25, 0.3) is 0 Å². The molecule has 2 aromatic rings. The van der Waals surface area contributed by atoms with Crippen LogP contribution in [0.3, 0.4) is 0 Å². The third-order valence-electron chi connectivity index (χ3n) is 2.91. The lowest BCUT2D eigenvalue weighted by Gasteiger charge is -2.07. The fourth-order valence-corrected chi connectivity index (χ4v) is 2.93. The molecule has 110 valence electrons. The Bertz CT molecular complexity index is 661. The molecule has 0 spiro atoms. The smallest absolute Gasteiger partial charge is 0.282 e. The summed E-state index contributed by atoms with van der Waals surface area (Å²) in [4.78, 5) is 10.5. The topological polar surface area (TPSA) is 81.5 Å². The van der Waals surface area contributed by atoms with E-state index in [1.165, 1.54) is 12.1 Å². The zero-order chi connectivity index (χ0) is 15.2. The van der Waals surface area contributed by atoms with Crippen LogP contribution in [-0.4, -0.2) is 12.0 Å². The third-order valence-corrected chi connectivity index (χ3v) is 4.16. The van der Waals surface area contributed by atoms with Gasteiger partial charge in [0, 0.05) is 18.8 Å². The Kier molecular flexibility index (Phi) is 5.09. The Hall–Kier alpha value is -2.17. The van der Waals surface area contributed by atoms with Crippen LogP contribution in [0.2, 0.25) is 0 Å². The minimum Gasteiger partial charge on any atom is -0.388 e. The predicted octanol–water partition coefficient (Wildman–Crippen LogP) is 2.95. The van der Waals surface area contributed by atoms with Gasteiger partial charge in [0.2, 0.25) is 8.03 Å². The van der Waals surface area contributed by atoms with Gasteiger partial charge in [-0.25, -0.2) is 0 Å². The van der Waals surface area contributed by atoms with Crippen LogP contribution >= 0.6 is 8.03 Å². The zero-order valence-electron chi connectivity index (χ0n) is 11.4. The number of anilines is 1. The van der Waals surface area contributed by atoms with Gasteiger partial charge < -0.3 is 9.84 Å². The highest BCUT2D eigenvalue weighted by molar-refractivity contribution is 7.48. The first-order chi connectivity index (χ1) is 10.1. The van der Waals surface area contributed by atoms with Gasteiger partial charge in [0.15, 0.2) is 0 Å². The van der Waals surface area contributed by atoms with Gasteiger partial charge in [0.05, 0.1) is 11.5 Å². The summed E-state index contributed by atoms with van der Waals surface area (Å²) in [6, 6.07) is 13.6. The minimum absolute atomic E-state index is 0.118. The van der Waals surface area contributed by atoms with Crippen LogP contribution in [-0.2, 0) is 15.7 Å². The molecule has 0 saturated carbocycles. The molecule has 1 atom stereocenters. The van der Waals surface area contributed by atoms with Crippen molar-refractivity contribution < 1.29 is 14.0 Å². The van der Waals surface area contributed by atoms with Crippen molar-refractivity contribution in [2.45, 2.75) is 6.61 Å². The molecular formula is C14H15N2O4P. The Morgan fingerprint density at radius 3 is 2.57 bits per heavy atom. The Labute approximate surface area is 122 Å². The molecule has 7 heteroatoms. The molecule has 1 unspecified atom stereocenters. The first-order valence-electron chi connectivity index (χ1n) is 6.29. The molecule has 0 fully saturated rings. The summed E-state index contributed by atoms with van der Waals surface area (Å²) in [5, 5.41) is 14.0. The summed E-state index contributed by atoms with van der Waals surface area (Å²) < 4.78 is 17.6. The SMILES string of the molecule is CNc1ccc([N+](=O)[O-])c([PH](=O)OCc2ccccc2)c1. The standard InChI is InChI=1S/C14H15N2O4P/c1-15-12-7-8-13(16(17)18)14(9-12)21(19)20-10-11-5-3-2-4-6-11/h2-9,15,21H,10H2,1H3. The van der Waals surface area contributed by atoms with Crippen molar-refractivity contribution in [3.63, 3.8) is 0 Å². The van der Waals surface area contributed by atoms with Crippen molar-refractivity contribution in [3.05, 3.63) is 64.2 Å². The Morgan fingerprint density at radius 2 is 1.95 bits per heavy atom. The maximum Gasteiger partial charge on any atom is 0.282 e. The van der Waals surface area contributed by atoms with E-state index in [-0.39, 0.29) is 17.6 Å². The molecule has 0 bridgehead atoms. The van der Waals surface area contributed by atoms with Crippen molar-refractivity contribution in [3.8, 4) is 0 Å². The summed E-state index contributed by atoms with van der Waals surface area (Å²) in [6.07, 6.45) is 0. The van der Waals surface area contributed by atoms with E-state index in [0.29, 0.717) is 5.69 Å². The molecule has 2 aromatic carbocycles. The van der Waals surface area contributed by atoms with Gasteiger partial charge >= 0.3 is 0 Å². The first kappa shape index (κ1) is 15.2. The highest BCUT2D eigenvalue weighted by Crippen LogP contribution is 2.30. The zero-order valence-corrected chi connectivity index (χ0v) is 12.4. The molecule has 0 aliphatic carbocycles. The van der Waals surface area contributed by atoms with E-state index in [0.717, 1.165) is 5.56 Å². The van der Waals surface area contributed by atoms with E-state index in [1.807, 2.05) is 30.3 Å². The number of hydrogen-bond acceptors (Lipinski definition) is 5. The molecule has 0 saturated heterocycles. The summed E-state index contributed by atoms with van der Waals surface area (Å²) in [6.45, 7) is 0.152. The lowest BCUT2D eigenvalue weighted by Crippen LogP contribution is -2.08. The lowest BCUT2D eigenvalue weighted by atomic mass is 10.2. The molecule has 0 aliphatic heterocycles. The second-order valence-corrected chi connectivity index (χ2v) is 5.70. The molecule has 0 amide bonds. The summed E-state index contributed by atoms with van der Waals surface area (Å²) >= 11 is 0. The van der Waals surface area contributed by atoms with E-state index < -0.39 is 13.0 Å². The van der Waals surface area contributed by atoms with Crippen molar-refractivity contribution in [2.75, 3.05) is 12.4 Å². The van der Waals surface area contributed by atoms with E-state index in [2.05, 4.69) is 5.32 Å². The normalized spacial score (nSPS) is 11.9. The summed E-state index contributed by atoms with van der Waals surface area (Å²) in [5.41, 5.74) is 1.33. The third kappa shape index (κ3) is 3.90. The second-order valence-electron chi connectivity index (χ2n) is 4.30. The lowest BCUT2D eigenvalue weighted by molar-refractivity contribution is -0.383. The van der Waals surface area contributed by atoms with Crippen LogP contribution in [0.1, 0.15) is 5.56 Å². The number of rotatable bonds is 6. The molecule has 2 rings (SSSR count). The molecule has 1 N–H and O–H groups in total. The van der Waals surface area contributed by atoms with Gasteiger partial charge in [-0.1, -0.05) is 30.3 Å². The molecule has 0 heterocycles. The van der Waals surface area contributed by atoms with Crippen molar-refractivity contribution in [1.29, 1.82) is 0 Å². The maximum atomic E-state index is 12.2. The van der Waals surface area contributed by atoms with Crippen LogP contribution in [0.4, 0.5) is 11.4 Å². The van der Waals surface area contributed by atoms with Crippen LogP contribution in [0, 0.1) is 10.1 Å². The molecule has 0 aliphatic rings. The van der Waals surface area contributed by atoms with E-state index >= 15 is 0 Å². The fourth-order valence-electron chi connectivity index (χ4n) is 1.82. The molecule has 0 aromatic heterocycles. The van der Waals surface area contributed by atoms with Gasteiger partial charge in [-0.3, -0.25) is 14.7 Å². The van der Waals surface area contributed by atoms with Crippen molar-refractivity contribution in [2.24, 2.45) is 0 Å². The number of nitrogens with one attached hydrogen (secondary N) is 1. The highest BCUT2D eigenvalue weighted by atomic mass is 31.1. The maximum absolute atomic E-state index is 12.2. The second kappa shape index (κ2) is 7.02. The number of nitrogens with zero attached hydrogens (tertiary/aromatic N) is 1. The average molecular weight is 306 g/mol. The first-order valence-corrected chi connectivity index (χ1v) is 7.60. The van der Waals surface area contributed by atoms with Gasteiger partial charge in [-0.05, 0) is 17.7 Å². The van der Waals surface area contributed by atoms with Crippen LogP contribution in [0.15, 0.2) is 48.5 Å². The van der Waals surface area contributed by atoms with Crippen molar-refractivity contribution in [1.82, 2.24) is 0 Å². The molecule has 21 heavy (non-hydrogen) atoms. The largest absolute Gasteiger partial charge is 0.388 e. The fraction of sp³-hybridized carbons (Fsp3) is 0.143. The average Bonchev–Trinajstić information content (AvgIpc) is 2.52. The highest BCUT2D eigenvalue weighted by Gasteiger charge is 2.19. The number of benzene rings is 2. The number of nitro benzene ring substituents is 1. The van der Waals surface area contributed by atoms with Crippen LogP contribution < -0.4 is 10.6 Å². The monoisotopic (exact) mass is 306 g/mol. The van der Waals surface area contributed by atoms with Gasteiger partial charge in [-0.2, -0.15) is 0 Å². The molecule has 0 radical (unpaired) electrons. The van der Waals surface area contributed by atoms with E-state index in [4.69, 9.17) is 4.52 Å². The number of nitro groups is 1. The van der Waals surface area contributed by atoms with Gasteiger partial charge in [0.25, 0.3) is 5.69 Å². The Morgan fingerprint density at radius 1 is 1.24 bits per heavy atom. The molecule has 6 nitrogen and oxygen atoms in total. The van der Waals surface area contributed by atoms with E-state index in [9.17, 15) is 14.7 Å². The number of hydrogen-bond donors (Lipinski definition) is 1. The quantitative estimate of drug-likeness (QED) is 0.504. The van der Waals surface area contributed by atoms with Crippen molar-refractivity contribution >= 4 is 24.7 Å². The summed E-state index contributed by atoms with van der Waals surface area (Å²) in [5.74, 6) is 0. The van der Waals surface area contributed by atoms with Gasteiger partial charge in [-0.15, -0.1) is 0 Å². The molecular weight excluding hydrogens is 291 g/mol. The van der Waals surface area contributed by atoms with Gasteiger partial charge in [0.1, 0.15) is 5.30 Å². The van der Waals surface area contributed by atoms with Crippen LogP contribution in [0.5, 0.6) is 0 Å².